The summed E-state index contributed by atoms with van der Waals surface area (Å²) in [5.41, 5.74) is 0. The highest BCUT2D eigenvalue weighted by molar-refractivity contribution is 5.80. The fourth-order valence-corrected chi connectivity index (χ4v) is 1.43. The minimum Gasteiger partial charge on any atom is -0.370 e. The van der Waals surface area contributed by atoms with Gasteiger partial charge in [0.2, 0.25) is 5.91 Å². The molecule has 3 N–H and O–H groups in total. The summed E-state index contributed by atoms with van der Waals surface area (Å²) in [4.78, 5) is 15.8. The minimum atomic E-state index is -0.0290. The van der Waals surface area contributed by atoms with Gasteiger partial charge in [0.05, 0.1) is 6.54 Å². The van der Waals surface area contributed by atoms with Crippen LogP contribution in [0, 0.1) is 0 Å². The van der Waals surface area contributed by atoms with Crippen LogP contribution >= 0.6 is 0 Å². The Morgan fingerprint density at radius 2 is 1.94 bits per heavy atom. The van der Waals surface area contributed by atoms with Crippen LogP contribution in [0.15, 0.2) is 18.2 Å². The highest BCUT2D eigenvalue weighted by Gasteiger charge is 2.03. The number of carbonyl (C=O) groups is 1. The topological polar surface area (TPSA) is 66.0 Å². The van der Waals surface area contributed by atoms with Gasteiger partial charge in [-0.1, -0.05) is 13.0 Å². The van der Waals surface area contributed by atoms with Gasteiger partial charge in [-0.05, 0) is 32.4 Å². The molecule has 100 valence electrons. The third-order valence-electron chi connectivity index (χ3n) is 2.18. The van der Waals surface area contributed by atoms with E-state index in [0.717, 1.165) is 18.8 Å². The van der Waals surface area contributed by atoms with E-state index in [4.69, 9.17) is 0 Å². The van der Waals surface area contributed by atoms with Gasteiger partial charge < -0.3 is 16.0 Å². The van der Waals surface area contributed by atoms with Crippen molar-refractivity contribution in [3.05, 3.63) is 18.2 Å². The van der Waals surface area contributed by atoms with Gasteiger partial charge in [0.15, 0.2) is 0 Å². The van der Waals surface area contributed by atoms with E-state index in [1.54, 1.807) is 0 Å². The normalized spacial score (nSPS) is 10.2. The van der Waals surface area contributed by atoms with E-state index < -0.39 is 0 Å². The van der Waals surface area contributed by atoms with Gasteiger partial charge in [0.25, 0.3) is 0 Å². The van der Waals surface area contributed by atoms with Crippen molar-refractivity contribution in [1.82, 2.24) is 10.3 Å². The Morgan fingerprint density at radius 3 is 2.56 bits per heavy atom. The minimum absolute atomic E-state index is 0.0290. The maximum Gasteiger partial charge on any atom is 0.239 e. The Labute approximate surface area is 108 Å². The van der Waals surface area contributed by atoms with Crippen molar-refractivity contribution in [1.29, 1.82) is 0 Å². The Morgan fingerprint density at radius 1 is 1.28 bits per heavy atom. The lowest BCUT2D eigenvalue weighted by Crippen LogP contribution is -2.34. The van der Waals surface area contributed by atoms with E-state index >= 15 is 0 Å². The first-order valence-electron chi connectivity index (χ1n) is 6.36. The number of pyridine rings is 1. The predicted molar refractivity (Wildman–Crippen MR) is 74.8 cm³/mol. The Hall–Kier alpha value is -1.78. The van der Waals surface area contributed by atoms with Crippen LogP contribution < -0.4 is 16.0 Å². The number of amides is 1. The SMILES string of the molecule is CCCNc1cccc(NCC(=O)NC(C)C)n1. The summed E-state index contributed by atoms with van der Waals surface area (Å²) in [7, 11) is 0. The second-order valence-electron chi connectivity index (χ2n) is 4.41. The molecular weight excluding hydrogens is 228 g/mol. The molecule has 1 aromatic heterocycles. The molecule has 1 rings (SSSR count). The number of carbonyl (C=O) groups excluding carboxylic acids is 1. The number of nitrogens with zero attached hydrogens (tertiary/aromatic N) is 1. The van der Waals surface area contributed by atoms with E-state index in [2.05, 4.69) is 27.9 Å². The van der Waals surface area contributed by atoms with Gasteiger partial charge in [-0.2, -0.15) is 0 Å². The number of nitrogens with one attached hydrogen (secondary N) is 3. The molecule has 5 nitrogen and oxygen atoms in total. The third-order valence-corrected chi connectivity index (χ3v) is 2.18. The van der Waals surface area contributed by atoms with E-state index in [1.807, 2.05) is 32.0 Å². The molecule has 1 aromatic rings. The zero-order valence-corrected chi connectivity index (χ0v) is 11.3. The first kappa shape index (κ1) is 14.3. The van der Waals surface area contributed by atoms with E-state index in [-0.39, 0.29) is 18.5 Å². The van der Waals surface area contributed by atoms with E-state index in [1.165, 1.54) is 0 Å². The summed E-state index contributed by atoms with van der Waals surface area (Å²) in [6, 6.07) is 5.83. The molecule has 0 spiro atoms. The summed E-state index contributed by atoms with van der Waals surface area (Å²) in [5, 5.41) is 9.02. The molecule has 0 aliphatic heterocycles. The van der Waals surface area contributed by atoms with Gasteiger partial charge in [-0.15, -0.1) is 0 Å². The Balaban J connectivity index is 2.44. The van der Waals surface area contributed by atoms with Crippen molar-refractivity contribution in [2.45, 2.75) is 33.2 Å². The van der Waals surface area contributed by atoms with Gasteiger partial charge >= 0.3 is 0 Å². The highest BCUT2D eigenvalue weighted by Crippen LogP contribution is 2.08. The van der Waals surface area contributed by atoms with Crippen LogP contribution in [-0.4, -0.2) is 30.0 Å². The van der Waals surface area contributed by atoms with Crippen LogP contribution in [0.3, 0.4) is 0 Å². The molecule has 1 heterocycles. The van der Waals surface area contributed by atoms with Gasteiger partial charge in [0, 0.05) is 12.6 Å². The molecular formula is C13H22N4O. The maximum atomic E-state index is 11.5. The summed E-state index contributed by atoms with van der Waals surface area (Å²) in [5.74, 6) is 1.50. The molecule has 0 bridgehead atoms. The Kier molecular flexibility index (Phi) is 5.97. The zero-order chi connectivity index (χ0) is 13.4. The lowest BCUT2D eigenvalue weighted by molar-refractivity contribution is -0.119. The monoisotopic (exact) mass is 250 g/mol. The molecule has 0 saturated heterocycles. The molecule has 0 atom stereocenters. The standard InChI is InChI=1S/C13H22N4O/c1-4-8-14-11-6-5-7-12(17-11)15-9-13(18)16-10(2)3/h5-7,10H,4,8-9H2,1-3H3,(H,16,18)(H2,14,15,17). The van der Waals surface area contributed by atoms with Gasteiger partial charge in [-0.3, -0.25) is 4.79 Å². The van der Waals surface area contributed by atoms with Crippen molar-refractivity contribution in [3.63, 3.8) is 0 Å². The summed E-state index contributed by atoms with van der Waals surface area (Å²) < 4.78 is 0. The zero-order valence-electron chi connectivity index (χ0n) is 11.3. The quantitative estimate of drug-likeness (QED) is 0.691. The van der Waals surface area contributed by atoms with Crippen molar-refractivity contribution < 1.29 is 4.79 Å². The van der Waals surface area contributed by atoms with E-state index in [0.29, 0.717) is 5.82 Å². The van der Waals surface area contributed by atoms with E-state index in [9.17, 15) is 4.79 Å². The molecule has 1 amide bonds. The molecule has 0 aromatic carbocycles. The molecule has 18 heavy (non-hydrogen) atoms. The third kappa shape index (κ3) is 5.52. The lowest BCUT2D eigenvalue weighted by atomic mass is 10.4. The molecule has 0 unspecified atom stereocenters. The number of aromatic nitrogens is 1. The summed E-state index contributed by atoms with van der Waals surface area (Å²) >= 11 is 0. The predicted octanol–water partition coefficient (Wildman–Crippen LogP) is 1.84. The van der Waals surface area contributed by atoms with Gasteiger partial charge in [-0.25, -0.2) is 4.98 Å². The summed E-state index contributed by atoms with van der Waals surface area (Å²) in [6.45, 7) is 7.11. The fourth-order valence-electron chi connectivity index (χ4n) is 1.43. The lowest BCUT2D eigenvalue weighted by Gasteiger charge is -2.10. The number of anilines is 2. The van der Waals surface area contributed by atoms with Crippen LogP contribution in [-0.2, 0) is 4.79 Å². The summed E-state index contributed by atoms with van der Waals surface area (Å²) in [6.07, 6.45) is 1.05. The maximum absolute atomic E-state index is 11.5. The van der Waals surface area contributed by atoms with Crippen molar-refractivity contribution in [2.24, 2.45) is 0 Å². The van der Waals surface area contributed by atoms with Crippen molar-refractivity contribution in [2.75, 3.05) is 23.7 Å². The smallest absolute Gasteiger partial charge is 0.239 e. The van der Waals surface area contributed by atoms with Crippen LogP contribution in [0.4, 0.5) is 11.6 Å². The van der Waals surface area contributed by atoms with Crippen molar-refractivity contribution >= 4 is 17.5 Å². The fraction of sp³-hybridized carbons (Fsp3) is 0.538. The number of hydrogen-bond donors (Lipinski definition) is 3. The van der Waals surface area contributed by atoms with Crippen molar-refractivity contribution in [3.8, 4) is 0 Å². The molecule has 0 fully saturated rings. The molecule has 0 saturated carbocycles. The van der Waals surface area contributed by atoms with Crippen LogP contribution in [0.5, 0.6) is 0 Å². The van der Waals surface area contributed by atoms with Crippen LogP contribution in [0.25, 0.3) is 0 Å². The Bertz CT molecular complexity index is 379. The van der Waals surface area contributed by atoms with Gasteiger partial charge in [0.1, 0.15) is 11.6 Å². The second kappa shape index (κ2) is 7.53. The number of hydrogen-bond acceptors (Lipinski definition) is 4. The largest absolute Gasteiger partial charge is 0.370 e. The first-order chi connectivity index (χ1) is 8.61. The molecule has 0 radical (unpaired) electrons. The first-order valence-corrected chi connectivity index (χ1v) is 6.36. The van der Waals surface area contributed by atoms with Crippen LogP contribution in [0.1, 0.15) is 27.2 Å². The average molecular weight is 250 g/mol. The highest BCUT2D eigenvalue weighted by atomic mass is 16.1. The number of rotatable bonds is 7. The molecule has 0 aliphatic rings. The van der Waals surface area contributed by atoms with Crippen LogP contribution in [0.2, 0.25) is 0 Å². The average Bonchev–Trinajstić information content (AvgIpc) is 2.33. The molecule has 5 heteroatoms. The second-order valence-corrected chi connectivity index (χ2v) is 4.41. The molecule has 0 aliphatic carbocycles.